The Labute approximate surface area is 130 Å². The van der Waals surface area contributed by atoms with E-state index in [0.29, 0.717) is 0 Å². The molecule has 0 aliphatic carbocycles. The van der Waals surface area contributed by atoms with Crippen LogP contribution < -0.4 is 4.90 Å². The fraction of sp³-hybridized carbons (Fsp3) is 0.333. The Morgan fingerprint density at radius 2 is 1.86 bits per heavy atom. The highest BCUT2D eigenvalue weighted by atomic mass is 15.3. The van der Waals surface area contributed by atoms with Gasteiger partial charge >= 0.3 is 0 Å². The summed E-state index contributed by atoms with van der Waals surface area (Å²) in [5.74, 6) is 1.18. The maximum Gasteiger partial charge on any atom is 0.157 e. The van der Waals surface area contributed by atoms with Crippen LogP contribution >= 0.6 is 0 Å². The summed E-state index contributed by atoms with van der Waals surface area (Å²) in [7, 11) is 0. The van der Waals surface area contributed by atoms with Gasteiger partial charge in [0.25, 0.3) is 0 Å². The molecule has 0 saturated carbocycles. The van der Waals surface area contributed by atoms with E-state index in [2.05, 4.69) is 53.1 Å². The number of nitrogens with zero attached hydrogens (tertiary/aromatic N) is 4. The van der Waals surface area contributed by atoms with Crippen LogP contribution in [0, 0.1) is 13.8 Å². The lowest BCUT2D eigenvalue weighted by Gasteiger charge is -2.26. The van der Waals surface area contributed by atoms with Gasteiger partial charge in [0.1, 0.15) is 5.82 Å². The molecule has 2 aromatic heterocycles. The van der Waals surface area contributed by atoms with Gasteiger partial charge in [0.15, 0.2) is 5.65 Å². The molecule has 0 fully saturated rings. The van der Waals surface area contributed by atoms with Crippen molar-refractivity contribution in [3.8, 4) is 0 Å². The van der Waals surface area contributed by atoms with Crippen molar-refractivity contribution in [3.05, 3.63) is 58.9 Å². The molecule has 112 valence electrons. The first-order chi connectivity index (χ1) is 10.7. The van der Waals surface area contributed by atoms with Gasteiger partial charge in [-0.3, -0.25) is 0 Å². The van der Waals surface area contributed by atoms with Gasteiger partial charge in [0.05, 0.1) is 6.20 Å². The molecule has 4 rings (SSSR count). The van der Waals surface area contributed by atoms with Gasteiger partial charge in [0.2, 0.25) is 0 Å². The SMILES string of the molecule is Cc1nc2ccnn2c(N2CCCc3ccccc3C2)c1C. The smallest absolute Gasteiger partial charge is 0.157 e. The molecule has 0 amide bonds. The van der Waals surface area contributed by atoms with E-state index in [1.807, 2.05) is 16.8 Å². The van der Waals surface area contributed by atoms with Crippen LogP contribution in [0.3, 0.4) is 0 Å². The number of aromatic nitrogens is 3. The average molecular weight is 292 g/mol. The largest absolute Gasteiger partial charge is 0.352 e. The summed E-state index contributed by atoms with van der Waals surface area (Å²) in [5.41, 5.74) is 6.13. The molecular formula is C18H20N4. The minimum atomic E-state index is 0.927. The summed E-state index contributed by atoms with van der Waals surface area (Å²) in [5, 5.41) is 4.49. The Balaban J connectivity index is 1.85. The summed E-state index contributed by atoms with van der Waals surface area (Å²) in [6, 6.07) is 10.8. The summed E-state index contributed by atoms with van der Waals surface area (Å²) in [6.45, 7) is 6.22. The molecule has 4 nitrogen and oxygen atoms in total. The van der Waals surface area contributed by atoms with Crippen molar-refractivity contribution in [2.24, 2.45) is 0 Å². The molecule has 0 saturated heterocycles. The zero-order valence-corrected chi connectivity index (χ0v) is 13.1. The third-order valence-corrected chi connectivity index (χ3v) is 4.64. The molecule has 22 heavy (non-hydrogen) atoms. The Morgan fingerprint density at radius 1 is 1.05 bits per heavy atom. The van der Waals surface area contributed by atoms with Gasteiger partial charge < -0.3 is 4.90 Å². The normalized spacial score (nSPS) is 14.9. The van der Waals surface area contributed by atoms with E-state index < -0.39 is 0 Å². The lowest BCUT2D eigenvalue weighted by molar-refractivity contribution is 0.727. The Kier molecular flexibility index (Phi) is 3.10. The molecule has 1 aliphatic rings. The molecule has 0 bridgehead atoms. The van der Waals surface area contributed by atoms with Crippen molar-refractivity contribution < 1.29 is 0 Å². The van der Waals surface area contributed by atoms with Crippen LogP contribution in [0.4, 0.5) is 5.82 Å². The second-order valence-electron chi connectivity index (χ2n) is 6.04. The first-order valence-corrected chi connectivity index (χ1v) is 7.87. The number of hydrogen-bond acceptors (Lipinski definition) is 3. The Hall–Kier alpha value is -2.36. The van der Waals surface area contributed by atoms with Gasteiger partial charge in [-0.25, -0.2) is 4.98 Å². The molecule has 0 atom stereocenters. The quantitative estimate of drug-likeness (QED) is 0.690. The molecule has 3 aromatic rings. The molecule has 0 unspecified atom stereocenters. The number of fused-ring (bicyclic) bond motifs is 2. The molecule has 0 radical (unpaired) electrons. The predicted molar refractivity (Wildman–Crippen MR) is 88.3 cm³/mol. The lowest BCUT2D eigenvalue weighted by atomic mass is 10.0. The van der Waals surface area contributed by atoms with E-state index in [1.54, 1.807) is 0 Å². The number of aryl methyl sites for hydroxylation is 2. The number of anilines is 1. The summed E-state index contributed by atoms with van der Waals surface area (Å²) in [4.78, 5) is 7.09. The fourth-order valence-electron chi connectivity index (χ4n) is 3.37. The van der Waals surface area contributed by atoms with Crippen LogP contribution in [0.25, 0.3) is 5.65 Å². The van der Waals surface area contributed by atoms with E-state index in [-0.39, 0.29) is 0 Å². The lowest BCUT2D eigenvalue weighted by Crippen LogP contribution is -2.26. The van der Waals surface area contributed by atoms with Crippen molar-refractivity contribution >= 4 is 11.5 Å². The standard InChI is InChI=1S/C18H20N4/c1-13-14(2)20-17-9-10-19-22(17)18(13)21-11-5-8-15-6-3-4-7-16(15)12-21/h3-4,6-7,9-10H,5,8,11-12H2,1-2H3. The molecule has 0 N–H and O–H groups in total. The van der Waals surface area contributed by atoms with E-state index in [9.17, 15) is 0 Å². The highest BCUT2D eigenvalue weighted by Crippen LogP contribution is 2.28. The first-order valence-electron chi connectivity index (χ1n) is 7.87. The predicted octanol–water partition coefficient (Wildman–Crippen LogP) is 3.30. The highest BCUT2D eigenvalue weighted by Gasteiger charge is 2.20. The molecular weight excluding hydrogens is 272 g/mol. The van der Waals surface area contributed by atoms with Crippen LogP contribution in [-0.4, -0.2) is 21.1 Å². The van der Waals surface area contributed by atoms with Gasteiger partial charge in [-0.1, -0.05) is 24.3 Å². The maximum atomic E-state index is 4.63. The van der Waals surface area contributed by atoms with Gasteiger partial charge in [-0.15, -0.1) is 0 Å². The van der Waals surface area contributed by atoms with Crippen molar-refractivity contribution in [2.45, 2.75) is 33.2 Å². The number of hydrogen-bond donors (Lipinski definition) is 0. The Bertz CT molecular complexity index is 834. The van der Waals surface area contributed by atoms with Crippen molar-refractivity contribution in [3.63, 3.8) is 0 Å². The van der Waals surface area contributed by atoms with Crippen molar-refractivity contribution in [2.75, 3.05) is 11.4 Å². The maximum absolute atomic E-state index is 4.63. The minimum Gasteiger partial charge on any atom is -0.352 e. The highest BCUT2D eigenvalue weighted by molar-refractivity contribution is 5.57. The van der Waals surface area contributed by atoms with E-state index in [0.717, 1.165) is 30.9 Å². The zero-order valence-electron chi connectivity index (χ0n) is 13.1. The first kappa shape index (κ1) is 13.3. The second-order valence-corrected chi connectivity index (χ2v) is 6.04. The Morgan fingerprint density at radius 3 is 2.73 bits per heavy atom. The van der Waals surface area contributed by atoms with Crippen LogP contribution in [0.15, 0.2) is 36.5 Å². The van der Waals surface area contributed by atoms with Gasteiger partial charge in [-0.2, -0.15) is 9.61 Å². The molecule has 4 heteroatoms. The topological polar surface area (TPSA) is 33.4 Å². The van der Waals surface area contributed by atoms with Gasteiger partial charge in [0, 0.05) is 30.4 Å². The fourth-order valence-corrected chi connectivity index (χ4v) is 3.37. The van der Waals surface area contributed by atoms with E-state index in [4.69, 9.17) is 0 Å². The van der Waals surface area contributed by atoms with Gasteiger partial charge in [-0.05, 0) is 37.8 Å². The third-order valence-electron chi connectivity index (χ3n) is 4.64. The van der Waals surface area contributed by atoms with Crippen LogP contribution in [0.1, 0.15) is 28.8 Å². The molecule has 1 aromatic carbocycles. The monoisotopic (exact) mass is 292 g/mol. The summed E-state index contributed by atoms with van der Waals surface area (Å²) in [6.07, 6.45) is 4.15. The number of rotatable bonds is 1. The van der Waals surface area contributed by atoms with Crippen LogP contribution in [0.2, 0.25) is 0 Å². The van der Waals surface area contributed by atoms with Crippen LogP contribution in [0.5, 0.6) is 0 Å². The van der Waals surface area contributed by atoms with E-state index >= 15 is 0 Å². The van der Waals surface area contributed by atoms with Crippen molar-refractivity contribution in [1.82, 2.24) is 14.6 Å². The second kappa shape index (κ2) is 5.13. The van der Waals surface area contributed by atoms with Crippen LogP contribution in [-0.2, 0) is 13.0 Å². The average Bonchev–Trinajstić information content (AvgIpc) is 2.86. The zero-order chi connectivity index (χ0) is 15.1. The molecule has 1 aliphatic heterocycles. The van der Waals surface area contributed by atoms with Crippen molar-refractivity contribution in [1.29, 1.82) is 0 Å². The molecule has 0 spiro atoms. The third kappa shape index (κ3) is 2.06. The summed E-state index contributed by atoms with van der Waals surface area (Å²) >= 11 is 0. The summed E-state index contributed by atoms with van der Waals surface area (Å²) < 4.78 is 1.98. The van der Waals surface area contributed by atoms with E-state index in [1.165, 1.54) is 28.9 Å². The minimum absolute atomic E-state index is 0.927. The molecule has 3 heterocycles. The number of benzene rings is 1.